The number of ketones is 2. The van der Waals surface area contributed by atoms with Crippen molar-refractivity contribution in [1.82, 2.24) is 10.2 Å². The zero-order chi connectivity index (χ0) is 27.7. The maximum absolute atomic E-state index is 15.7. The number of benzene rings is 1. The summed E-state index contributed by atoms with van der Waals surface area (Å²) in [5.41, 5.74) is 1.44. The van der Waals surface area contributed by atoms with Gasteiger partial charge in [-0.1, -0.05) is 12.8 Å². The van der Waals surface area contributed by atoms with E-state index in [0.717, 1.165) is 25.7 Å². The van der Waals surface area contributed by atoms with Gasteiger partial charge in [0.1, 0.15) is 28.7 Å². The highest BCUT2D eigenvalue weighted by Crippen LogP contribution is 2.53. The number of Topliss-reactive ketones (excluding diaryl/α,β-unsaturated/α-hetero) is 2. The lowest BCUT2D eigenvalue weighted by molar-refractivity contribution is -0.153. The number of hydrogen-bond acceptors (Lipinski definition) is 9. The molecule has 1 aromatic rings. The molecule has 4 aliphatic rings. The van der Waals surface area contributed by atoms with Crippen LogP contribution in [0.2, 0.25) is 0 Å². The molecular weight excluding hydrogens is 497 g/mol. The molecule has 0 heterocycles. The number of rotatable bonds is 5. The SMILES string of the molecule is CN(C)[C@@H]1C(=O)C(C(N)=O)=C(O)[C@@]2(O)C(=O)C3=C(O)c4c(O)cc(CNC5CCCC5)c(F)c4C[C@H]3C[C@@H]12. The van der Waals surface area contributed by atoms with E-state index < -0.39 is 69.6 Å². The Morgan fingerprint density at radius 3 is 2.47 bits per heavy atom. The molecule has 0 aliphatic heterocycles. The van der Waals surface area contributed by atoms with Gasteiger partial charge in [0.05, 0.1) is 11.6 Å². The quantitative estimate of drug-likeness (QED) is 0.306. The first kappa shape index (κ1) is 26.3. The molecule has 0 unspecified atom stereocenters. The van der Waals surface area contributed by atoms with Gasteiger partial charge in [0.25, 0.3) is 5.91 Å². The van der Waals surface area contributed by atoms with E-state index in [1.807, 2.05) is 0 Å². The first-order valence-electron chi connectivity index (χ1n) is 12.8. The van der Waals surface area contributed by atoms with Crippen LogP contribution < -0.4 is 11.1 Å². The number of nitrogens with zero attached hydrogens (tertiary/aromatic N) is 1. The van der Waals surface area contributed by atoms with Crippen LogP contribution >= 0.6 is 0 Å². The summed E-state index contributed by atoms with van der Waals surface area (Å²) in [4.78, 5) is 40.4. The number of nitrogens with two attached hydrogens (primary N) is 1. The van der Waals surface area contributed by atoms with Crippen molar-refractivity contribution in [2.75, 3.05) is 14.1 Å². The largest absolute Gasteiger partial charge is 0.508 e. The smallest absolute Gasteiger partial charge is 0.255 e. The summed E-state index contributed by atoms with van der Waals surface area (Å²) in [6.45, 7) is 0.187. The van der Waals surface area contributed by atoms with Crippen molar-refractivity contribution in [1.29, 1.82) is 0 Å². The zero-order valence-electron chi connectivity index (χ0n) is 21.3. The van der Waals surface area contributed by atoms with Crippen molar-refractivity contribution >= 4 is 23.2 Å². The Balaban J connectivity index is 1.61. The van der Waals surface area contributed by atoms with Crippen molar-refractivity contribution in [2.24, 2.45) is 17.6 Å². The molecule has 7 N–H and O–H groups in total. The second kappa shape index (κ2) is 9.18. The molecule has 0 bridgehead atoms. The van der Waals surface area contributed by atoms with Crippen molar-refractivity contribution < 1.29 is 39.2 Å². The number of aliphatic hydroxyl groups is 3. The molecule has 2 saturated carbocycles. The van der Waals surface area contributed by atoms with Crippen LogP contribution in [0.15, 0.2) is 23.0 Å². The normalized spacial score (nSPS) is 29.6. The number of carbonyl (C=O) groups excluding carboxylic acids is 3. The summed E-state index contributed by atoms with van der Waals surface area (Å²) >= 11 is 0. The number of carbonyl (C=O) groups is 3. The van der Waals surface area contributed by atoms with Gasteiger partial charge in [-0.2, -0.15) is 0 Å². The van der Waals surface area contributed by atoms with E-state index in [1.54, 1.807) is 0 Å². The first-order chi connectivity index (χ1) is 17.9. The van der Waals surface area contributed by atoms with E-state index in [9.17, 15) is 34.8 Å². The highest BCUT2D eigenvalue weighted by atomic mass is 19.1. The van der Waals surface area contributed by atoms with Gasteiger partial charge in [-0.25, -0.2) is 4.39 Å². The average molecular weight is 530 g/mol. The van der Waals surface area contributed by atoms with E-state index >= 15 is 4.39 Å². The third kappa shape index (κ3) is 3.67. The fourth-order valence-corrected chi connectivity index (χ4v) is 6.86. The first-order valence-corrected chi connectivity index (χ1v) is 12.8. The lowest BCUT2D eigenvalue weighted by Gasteiger charge is -2.50. The van der Waals surface area contributed by atoms with E-state index in [4.69, 9.17) is 5.73 Å². The lowest BCUT2D eigenvalue weighted by atomic mass is 9.57. The maximum atomic E-state index is 15.7. The van der Waals surface area contributed by atoms with E-state index in [-0.39, 0.29) is 47.7 Å². The van der Waals surface area contributed by atoms with Gasteiger partial charge >= 0.3 is 0 Å². The van der Waals surface area contributed by atoms with Gasteiger partial charge in [0.15, 0.2) is 11.4 Å². The number of aliphatic hydroxyl groups excluding tert-OH is 2. The molecule has 0 aromatic heterocycles. The summed E-state index contributed by atoms with van der Waals surface area (Å²) in [6, 6.07) is 0.286. The third-order valence-electron chi connectivity index (χ3n) is 8.67. The highest BCUT2D eigenvalue weighted by molar-refractivity contribution is 6.24. The molecule has 4 aliphatic carbocycles. The molecule has 0 saturated heterocycles. The molecule has 2 fully saturated rings. The number of amides is 1. The number of fused-ring (bicyclic) bond motifs is 3. The number of halogens is 1. The molecule has 5 rings (SSSR count). The molecule has 1 amide bonds. The van der Waals surface area contributed by atoms with Crippen molar-refractivity contribution in [3.63, 3.8) is 0 Å². The molecule has 10 nitrogen and oxygen atoms in total. The molecule has 0 spiro atoms. The van der Waals surface area contributed by atoms with Crippen molar-refractivity contribution in [2.45, 2.75) is 62.8 Å². The minimum absolute atomic E-state index is 0.0406. The Kier molecular flexibility index (Phi) is 6.36. The van der Waals surface area contributed by atoms with Gasteiger partial charge in [0, 0.05) is 35.2 Å². The predicted molar refractivity (Wildman–Crippen MR) is 133 cm³/mol. The Morgan fingerprint density at radius 1 is 1.21 bits per heavy atom. The summed E-state index contributed by atoms with van der Waals surface area (Å²) < 4.78 is 15.7. The summed E-state index contributed by atoms with van der Waals surface area (Å²) in [5, 5.41) is 47.7. The highest BCUT2D eigenvalue weighted by Gasteiger charge is 2.64. The number of phenols is 1. The van der Waals surface area contributed by atoms with Gasteiger partial charge in [-0.15, -0.1) is 0 Å². The van der Waals surface area contributed by atoms with Crippen LogP contribution in [0, 0.1) is 17.7 Å². The van der Waals surface area contributed by atoms with Crippen LogP contribution in [0.4, 0.5) is 4.39 Å². The average Bonchev–Trinajstić information content (AvgIpc) is 3.36. The second-order valence-electron chi connectivity index (χ2n) is 11.0. The fourth-order valence-electron chi connectivity index (χ4n) is 6.86. The summed E-state index contributed by atoms with van der Waals surface area (Å²) in [5.74, 6) is -8.15. The third-order valence-corrected chi connectivity index (χ3v) is 8.67. The van der Waals surface area contributed by atoms with Crippen LogP contribution in [0.3, 0.4) is 0 Å². The van der Waals surface area contributed by atoms with Gasteiger partial charge < -0.3 is 31.5 Å². The number of hydrogen-bond donors (Lipinski definition) is 6. The molecule has 0 radical (unpaired) electrons. The summed E-state index contributed by atoms with van der Waals surface area (Å²) in [6.07, 6.45) is 4.02. The van der Waals surface area contributed by atoms with Crippen LogP contribution in [-0.2, 0) is 27.3 Å². The van der Waals surface area contributed by atoms with Gasteiger partial charge in [-0.05, 0) is 51.8 Å². The van der Waals surface area contributed by atoms with Crippen LogP contribution in [-0.4, -0.2) is 74.6 Å². The maximum Gasteiger partial charge on any atom is 0.255 e. The molecule has 1 aromatic carbocycles. The van der Waals surface area contributed by atoms with Crippen molar-refractivity contribution in [3.8, 4) is 5.75 Å². The Morgan fingerprint density at radius 2 is 1.87 bits per heavy atom. The molecule has 204 valence electrons. The minimum atomic E-state index is -2.72. The zero-order valence-corrected chi connectivity index (χ0v) is 21.3. The lowest BCUT2D eigenvalue weighted by Crippen LogP contribution is -2.65. The topological polar surface area (TPSA) is 173 Å². The number of primary amides is 1. The predicted octanol–water partition coefficient (Wildman–Crippen LogP) is 1.14. The van der Waals surface area contributed by atoms with Crippen LogP contribution in [0.1, 0.15) is 48.8 Å². The molecular formula is C27H32FN3O7. The van der Waals surface area contributed by atoms with E-state index in [2.05, 4.69) is 5.32 Å². The second-order valence-corrected chi connectivity index (χ2v) is 11.0. The van der Waals surface area contributed by atoms with E-state index in [1.165, 1.54) is 25.1 Å². The fraction of sp³-hybridized carbons (Fsp3) is 0.519. The van der Waals surface area contributed by atoms with Crippen LogP contribution in [0.25, 0.3) is 5.76 Å². The minimum Gasteiger partial charge on any atom is -0.508 e. The summed E-state index contributed by atoms with van der Waals surface area (Å²) in [7, 11) is 3.05. The Bertz CT molecular complexity index is 1310. The van der Waals surface area contributed by atoms with Crippen LogP contribution in [0.5, 0.6) is 5.75 Å². The number of likely N-dealkylation sites (N-methyl/N-ethyl adjacent to an activating group) is 1. The molecule has 11 heteroatoms. The van der Waals surface area contributed by atoms with Gasteiger partial charge in [-0.3, -0.25) is 19.3 Å². The van der Waals surface area contributed by atoms with Gasteiger partial charge in [0.2, 0.25) is 5.78 Å². The number of phenolic OH excluding ortho intramolecular Hbond substituents is 1. The Labute approximate surface area is 218 Å². The molecule has 38 heavy (non-hydrogen) atoms. The number of aromatic hydroxyl groups is 1. The number of nitrogens with one attached hydrogen (secondary N) is 1. The molecule has 4 atom stereocenters. The Hall–Kier alpha value is -3.28. The monoisotopic (exact) mass is 529 g/mol. The standard InChI is InChI=1S/C27H32FN3O7/c1-31(2)21-15-8-11-7-14-18(16(32)9-12(20(14)28)10-30-13-5-3-4-6-13)22(33)17(11)24(35)27(15,38)25(36)19(23(21)34)26(29)37/h9,11,13,15,21,30,32-33,36,38H,3-8,10H2,1-2H3,(H2,29,37)/t11-,15-,21-,27-/m0/s1. The van der Waals surface area contributed by atoms with E-state index in [0.29, 0.717) is 0 Å². The van der Waals surface area contributed by atoms with Crippen molar-refractivity contribution in [3.05, 3.63) is 45.5 Å².